The van der Waals surface area contributed by atoms with Gasteiger partial charge in [0.1, 0.15) is 0 Å². The number of nitrogens with one attached hydrogen (secondary N) is 1. The summed E-state index contributed by atoms with van der Waals surface area (Å²) < 4.78 is 0. The lowest BCUT2D eigenvalue weighted by Crippen LogP contribution is -2.57. The normalized spacial score (nSPS) is 20.9. The maximum atomic E-state index is 12.2. The lowest BCUT2D eigenvalue weighted by atomic mass is 9.91. The molecule has 1 aliphatic rings. The summed E-state index contributed by atoms with van der Waals surface area (Å²) in [6.07, 6.45) is 3.13. The van der Waals surface area contributed by atoms with E-state index in [1.54, 1.807) is 0 Å². The van der Waals surface area contributed by atoms with Crippen molar-refractivity contribution in [1.82, 2.24) is 10.2 Å². The fraction of sp³-hybridized carbons (Fsp3) is 0.929. The Labute approximate surface area is 111 Å². The van der Waals surface area contributed by atoms with Gasteiger partial charge in [0.15, 0.2) is 0 Å². The molecule has 1 rings (SSSR count). The van der Waals surface area contributed by atoms with E-state index >= 15 is 0 Å². The molecule has 4 heteroatoms. The molecule has 0 spiro atoms. The Morgan fingerprint density at radius 3 is 2.44 bits per heavy atom. The van der Waals surface area contributed by atoms with Gasteiger partial charge in [-0.15, -0.1) is 0 Å². The van der Waals surface area contributed by atoms with Gasteiger partial charge in [-0.2, -0.15) is 0 Å². The van der Waals surface area contributed by atoms with Crippen molar-refractivity contribution in [2.45, 2.75) is 52.5 Å². The zero-order chi connectivity index (χ0) is 13.8. The summed E-state index contributed by atoms with van der Waals surface area (Å²) >= 11 is 0. The topological polar surface area (TPSA) is 58.4 Å². The minimum Gasteiger partial charge on any atom is -0.332 e. The van der Waals surface area contributed by atoms with Gasteiger partial charge in [-0.05, 0) is 38.0 Å². The molecule has 18 heavy (non-hydrogen) atoms. The van der Waals surface area contributed by atoms with Gasteiger partial charge in [0.25, 0.3) is 0 Å². The van der Waals surface area contributed by atoms with E-state index in [0.717, 1.165) is 38.3 Å². The number of likely N-dealkylation sites (tertiary alicyclic amines) is 1. The van der Waals surface area contributed by atoms with E-state index < -0.39 is 0 Å². The van der Waals surface area contributed by atoms with Crippen LogP contribution >= 0.6 is 0 Å². The molecule has 4 nitrogen and oxygen atoms in total. The third-order valence-corrected chi connectivity index (χ3v) is 3.79. The number of nitrogens with zero attached hydrogens (tertiary/aromatic N) is 1. The van der Waals surface area contributed by atoms with Gasteiger partial charge in [-0.25, -0.2) is 4.79 Å². The molecule has 0 aliphatic carbocycles. The maximum Gasteiger partial charge on any atom is 0.317 e. The smallest absolute Gasteiger partial charge is 0.317 e. The zero-order valence-corrected chi connectivity index (χ0v) is 12.3. The Morgan fingerprint density at radius 2 is 2.00 bits per heavy atom. The number of carbonyl (C=O) groups is 1. The average Bonchev–Trinajstić information content (AvgIpc) is 2.28. The molecule has 1 heterocycles. The second-order valence-electron chi connectivity index (χ2n) is 6.46. The van der Waals surface area contributed by atoms with E-state index in [0.29, 0.717) is 12.5 Å². The van der Waals surface area contributed by atoms with E-state index in [1.165, 1.54) is 0 Å². The zero-order valence-electron chi connectivity index (χ0n) is 12.3. The van der Waals surface area contributed by atoms with Crippen LogP contribution in [0.2, 0.25) is 0 Å². The number of amides is 2. The molecule has 0 aromatic rings. The second kappa shape index (κ2) is 6.41. The SMILES string of the molecule is CC(C)CC(C)(CN)NC(=O)N1CCC(C)CC1. The molecule has 106 valence electrons. The van der Waals surface area contributed by atoms with E-state index in [2.05, 4.69) is 26.1 Å². The number of carbonyl (C=O) groups excluding carboxylic acids is 1. The maximum absolute atomic E-state index is 12.2. The molecule has 3 N–H and O–H groups in total. The molecule has 0 aromatic heterocycles. The van der Waals surface area contributed by atoms with E-state index in [4.69, 9.17) is 5.73 Å². The van der Waals surface area contributed by atoms with Crippen molar-refractivity contribution in [3.8, 4) is 0 Å². The van der Waals surface area contributed by atoms with Crippen LogP contribution in [-0.2, 0) is 0 Å². The summed E-state index contributed by atoms with van der Waals surface area (Å²) in [6.45, 7) is 10.8. The molecule has 0 radical (unpaired) electrons. The number of hydrogen-bond acceptors (Lipinski definition) is 2. The number of nitrogens with two attached hydrogens (primary N) is 1. The van der Waals surface area contributed by atoms with Crippen LogP contribution in [0.5, 0.6) is 0 Å². The highest BCUT2D eigenvalue weighted by Gasteiger charge is 2.29. The molecule has 0 aromatic carbocycles. The Kier molecular flexibility index (Phi) is 5.45. The molecule has 2 amide bonds. The minimum atomic E-state index is -0.283. The average molecular weight is 255 g/mol. The van der Waals surface area contributed by atoms with Crippen LogP contribution in [0.25, 0.3) is 0 Å². The number of urea groups is 1. The van der Waals surface area contributed by atoms with Gasteiger partial charge in [-0.3, -0.25) is 0 Å². The first-order valence-electron chi connectivity index (χ1n) is 7.13. The molecular weight excluding hydrogens is 226 g/mol. The first-order valence-corrected chi connectivity index (χ1v) is 7.13. The number of piperidine rings is 1. The van der Waals surface area contributed by atoms with Gasteiger partial charge >= 0.3 is 6.03 Å². The van der Waals surface area contributed by atoms with Gasteiger partial charge in [0, 0.05) is 19.6 Å². The third kappa shape index (κ3) is 4.48. The van der Waals surface area contributed by atoms with Gasteiger partial charge in [-0.1, -0.05) is 20.8 Å². The summed E-state index contributed by atoms with van der Waals surface area (Å²) in [5.74, 6) is 1.27. The molecule has 1 saturated heterocycles. The summed E-state index contributed by atoms with van der Waals surface area (Å²) in [5.41, 5.74) is 5.54. The monoisotopic (exact) mass is 255 g/mol. The fourth-order valence-corrected chi connectivity index (χ4v) is 2.64. The lowest BCUT2D eigenvalue weighted by molar-refractivity contribution is 0.160. The van der Waals surface area contributed by atoms with Crippen molar-refractivity contribution >= 4 is 6.03 Å². The standard InChI is InChI=1S/C14H29N3O/c1-11(2)9-14(4,10-15)16-13(18)17-7-5-12(3)6-8-17/h11-12H,5-10,15H2,1-4H3,(H,16,18). The predicted octanol–water partition coefficient (Wildman–Crippen LogP) is 2.19. The molecule has 1 unspecified atom stereocenters. The minimum absolute atomic E-state index is 0.0514. The highest BCUT2D eigenvalue weighted by Crippen LogP contribution is 2.19. The molecule has 0 bridgehead atoms. The lowest BCUT2D eigenvalue weighted by Gasteiger charge is -2.36. The van der Waals surface area contributed by atoms with E-state index in [-0.39, 0.29) is 11.6 Å². The first kappa shape index (κ1) is 15.3. The van der Waals surface area contributed by atoms with Gasteiger partial charge in [0.05, 0.1) is 5.54 Å². The van der Waals surface area contributed by atoms with E-state index in [9.17, 15) is 4.79 Å². The van der Waals surface area contributed by atoms with Crippen molar-refractivity contribution in [1.29, 1.82) is 0 Å². The van der Waals surface area contributed by atoms with Crippen molar-refractivity contribution in [2.24, 2.45) is 17.6 Å². The highest BCUT2D eigenvalue weighted by atomic mass is 16.2. The van der Waals surface area contributed by atoms with Crippen LogP contribution in [0, 0.1) is 11.8 Å². The van der Waals surface area contributed by atoms with Gasteiger partial charge in [0.2, 0.25) is 0 Å². The van der Waals surface area contributed by atoms with Crippen molar-refractivity contribution in [3.05, 3.63) is 0 Å². The Balaban J connectivity index is 2.51. The molecule has 1 atom stereocenters. The Hall–Kier alpha value is -0.770. The third-order valence-electron chi connectivity index (χ3n) is 3.79. The van der Waals surface area contributed by atoms with Crippen LogP contribution in [0.1, 0.15) is 47.0 Å². The van der Waals surface area contributed by atoms with Crippen molar-refractivity contribution in [2.75, 3.05) is 19.6 Å². The second-order valence-corrected chi connectivity index (χ2v) is 6.46. The van der Waals surface area contributed by atoms with Crippen molar-refractivity contribution in [3.63, 3.8) is 0 Å². The summed E-state index contributed by atoms with van der Waals surface area (Å²) in [7, 11) is 0. The molecular formula is C14H29N3O. The summed E-state index contributed by atoms with van der Waals surface area (Å²) in [6, 6.07) is 0.0514. The van der Waals surface area contributed by atoms with Crippen LogP contribution in [0.15, 0.2) is 0 Å². The van der Waals surface area contributed by atoms with Crippen molar-refractivity contribution < 1.29 is 4.79 Å². The van der Waals surface area contributed by atoms with Crippen LogP contribution in [0.4, 0.5) is 4.79 Å². The summed E-state index contributed by atoms with van der Waals surface area (Å²) in [5, 5.41) is 3.12. The number of rotatable bonds is 4. The largest absolute Gasteiger partial charge is 0.332 e. The summed E-state index contributed by atoms with van der Waals surface area (Å²) in [4.78, 5) is 14.1. The molecule has 0 saturated carbocycles. The van der Waals surface area contributed by atoms with Gasteiger partial charge < -0.3 is 16.0 Å². The molecule has 1 fully saturated rings. The van der Waals surface area contributed by atoms with Crippen LogP contribution in [0.3, 0.4) is 0 Å². The first-order chi connectivity index (χ1) is 8.36. The van der Waals surface area contributed by atoms with E-state index in [1.807, 2.05) is 11.8 Å². The molecule has 1 aliphatic heterocycles. The quantitative estimate of drug-likeness (QED) is 0.809. The fourth-order valence-electron chi connectivity index (χ4n) is 2.64. The van der Waals surface area contributed by atoms with Crippen LogP contribution < -0.4 is 11.1 Å². The predicted molar refractivity (Wildman–Crippen MR) is 75.4 cm³/mol. The Bertz CT molecular complexity index is 272. The van der Waals surface area contributed by atoms with Crippen LogP contribution in [-0.4, -0.2) is 36.1 Å². The Morgan fingerprint density at radius 1 is 1.44 bits per heavy atom. The number of hydrogen-bond donors (Lipinski definition) is 2. The highest BCUT2D eigenvalue weighted by molar-refractivity contribution is 5.75.